The van der Waals surface area contributed by atoms with E-state index >= 15 is 0 Å². The van der Waals surface area contributed by atoms with Gasteiger partial charge in [0.1, 0.15) is 0 Å². The topological polar surface area (TPSA) is 92.3 Å². The van der Waals surface area contributed by atoms with E-state index in [9.17, 15) is 13.2 Å². The molecule has 3 rings (SSSR count). The molecule has 152 valence electrons. The number of hydrogen-bond acceptors (Lipinski definition) is 7. The van der Waals surface area contributed by atoms with E-state index in [0.717, 1.165) is 22.1 Å². The first kappa shape index (κ1) is 21.2. The second-order valence-electron chi connectivity index (χ2n) is 6.73. The molecule has 1 aromatic carbocycles. The van der Waals surface area contributed by atoms with Crippen LogP contribution in [0.1, 0.15) is 31.7 Å². The summed E-state index contributed by atoms with van der Waals surface area (Å²) in [5.41, 5.74) is 1.00. The van der Waals surface area contributed by atoms with E-state index in [1.165, 1.54) is 15.6 Å². The number of piperidine rings is 1. The number of rotatable bonds is 7. The maximum absolute atomic E-state index is 12.9. The molecular weight excluding hydrogens is 416 g/mol. The van der Waals surface area contributed by atoms with Crippen LogP contribution in [0.25, 0.3) is 0 Å². The van der Waals surface area contributed by atoms with Crippen LogP contribution in [-0.4, -0.2) is 47.7 Å². The molecule has 7 nitrogen and oxygen atoms in total. The fourth-order valence-electron chi connectivity index (χ4n) is 2.95. The van der Waals surface area contributed by atoms with Crippen LogP contribution in [0.5, 0.6) is 0 Å². The Kier molecular flexibility index (Phi) is 7.08. The molecule has 2 heterocycles. The Morgan fingerprint density at radius 3 is 2.79 bits per heavy atom. The van der Waals surface area contributed by atoms with Crippen LogP contribution in [0, 0.1) is 12.8 Å². The van der Waals surface area contributed by atoms with Gasteiger partial charge in [0, 0.05) is 18.8 Å². The standard InChI is InChI=1S/C18H24N4O3S3/c1-3-11-26-18-21-20-17(27-18)19-16(23)14-5-4-10-22(12-14)28(24,25)15-8-6-13(2)7-9-15/h6-9,14H,3-5,10-12H2,1-2H3,(H,19,20,23)/t14-/m1/s1. The summed E-state index contributed by atoms with van der Waals surface area (Å²) < 4.78 is 28.0. The maximum Gasteiger partial charge on any atom is 0.243 e. The number of nitrogens with zero attached hydrogens (tertiary/aromatic N) is 3. The van der Waals surface area contributed by atoms with Crippen LogP contribution in [0.2, 0.25) is 0 Å². The molecule has 1 aliphatic heterocycles. The first-order valence-electron chi connectivity index (χ1n) is 9.24. The van der Waals surface area contributed by atoms with Crippen molar-refractivity contribution in [2.45, 2.75) is 42.3 Å². The summed E-state index contributed by atoms with van der Waals surface area (Å²) in [7, 11) is -3.60. The molecule has 0 spiro atoms. The van der Waals surface area contributed by atoms with Crippen molar-refractivity contribution in [3.05, 3.63) is 29.8 Å². The number of thioether (sulfide) groups is 1. The Morgan fingerprint density at radius 1 is 1.32 bits per heavy atom. The quantitative estimate of drug-likeness (QED) is 0.524. The zero-order chi connectivity index (χ0) is 20.1. The fourth-order valence-corrected chi connectivity index (χ4v) is 6.15. The minimum Gasteiger partial charge on any atom is -0.300 e. The Balaban J connectivity index is 1.64. The predicted octanol–water partition coefficient (Wildman–Crippen LogP) is 3.39. The van der Waals surface area contributed by atoms with Crippen LogP contribution in [-0.2, 0) is 14.8 Å². The summed E-state index contributed by atoms with van der Waals surface area (Å²) in [6.07, 6.45) is 2.35. The number of benzene rings is 1. The molecule has 0 aliphatic carbocycles. The molecule has 1 saturated heterocycles. The van der Waals surface area contributed by atoms with Crippen molar-refractivity contribution in [2.75, 3.05) is 24.2 Å². The molecule has 1 aromatic heterocycles. The third kappa shape index (κ3) is 5.11. The first-order chi connectivity index (χ1) is 13.4. The summed E-state index contributed by atoms with van der Waals surface area (Å²) in [5.74, 6) is 0.355. The number of nitrogens with one attached hydrogen (secondary N) is 1. The third-order valence-corrected chi connectivity index (χ3v) is 8.54. The van der Waals surface area contributed by atoms with Crippen molar-refractivity contribution in [2.24, 2.45) is 5.92 Å². The molecule has 2 aromatic rings. The second-order valence-corrected chi connectivity index (χ2v) is 11.0. The normalized spacial score (nSPS) is 18.1. The number of hydrogen-bond donors (Lipinski definition) is 1. The minimum atomic E-state index is -3.60. The molecule has 0 unspecified atom stereocenters. The van der Waals surface area contributed by atoms with Gasteiger partial charge in [-0.05, 0) is 38.3 Å². The molecule has 0 bridgehead atoms. The molecule has 28 heavy (non-hydrogen) atoms. The third-order valence-electron chi connectivity index (χ3n) is 4.48. The summed E-state index contributed by atoms with van der Waals surface area (Å²) in [6, 6.07) is 6.80. The van der Waals surface area contributed by atoms with Gasteiger partial charge in [0.15, 0.2) is 4.34 Å². The van der Waals surface area contributed by atoms with Gasteiger partial charge in [-0.3, -0.25) is 4.79 Å². The number of aromatic nitrogens is 2. The van der Waals surface area contributed by atoms with Crippen LogP contribution >= 0.6 is 23.1 Å². The SMILES string of the molecule is CCCSc1nnc(NC(=O)[C@@H]2CCCN(S(=O)(=O)c3ccc(C)cc3)C2)s1. The number of sulfonamides is 1. The van der Waals surface area contributed by atoms with Gasteiger partial charge in [0.05, 0.1) is 10.8 Å². The Labute approximate surface area is 174 Å². The first-order valence-corrected chi connectivity index (χ1v) is 12.5. The van der Waals surface area contributed by atoms with Crippen LogP contribution in [0.15, 0.2) is 33.5 Å². The van der Waals surface area contributed by atoms with Crippen molar-refractivity contribution in [1.82, 2.24) is 14.5 Å². The Morgan fingerprint density at radius 2 is 2.07 bits per heavy atom. The highest BCUT2D eigenvalue weighted by Crippen LogP contribution is 2.28. The number of anilines is 1. The lowest BCUT2D eigenvalue weighted by molar-refractivity contribution is -0.120. The lowest BCUT2D eigenvalue weighted by Crippen LogP contribution is -2.43. The lowest BCUT2D eigenvalue weighted by Gasteiger charge is -2.31. The number of aryl methyl sites for hydroxylation is 1. The molecule has 1 atom stereocenters. The van der Waals surface area contributed by atoms with Crippen LogP contribution in [0.3, 0.4) is 0 Å². The highest BCUT2D eigenvalue weighted by atomic mass is 32.2. The maximum atomic E-state index is 12.9. The molecular formula is C18H24N4O3S3. The van der Waals surface area contributed by atoms with Crippen molar-refractivity contribution in [3.8, 4) is 0 Å². The molecule has 1 aliphatic rings. The zero-order valence-corrected chi connectivity index (χ0v) is 18.4. The van der Waals surface area contributed by atoms with Gasteiger partial charge in [-0.1, -0.05) is 47.7 Å². The predicted molar refractivity (Wildman–Crippen MR) is 112 cm³/mol. The lowest BCUT2D eigenvalue weighted by atomic mass is 9.99. The van der Waals surface area contributed by atoms with E-state index in [-0.39, 0.29) is 17.3 Å². The number of amides is 1. The van der Waals surface area contributed by atoms with Gasteiger partial charge in [0.25, 0.3) is 0 Å². The van der Waals surface area contributed by atoms with Gasteiger partial charge < -0.3 is 5.32 Å². The van der Waals surface area contributed by atoms with E-state index in [1.807, 2.05) is 6.92 Å². The molecule has 1 amide bonds. The highest BCUT2D eigenvalue weighted by Gasteiger charge is 2.33. The van der Waals surface area contributed by atoms with E-state index in [2.05, 4.69) is 22.4 Å². The summed E-state index contributed by atoms with van der Waals surface area (Å²) in [4.78, 5) is 12.9. The van der Waals surface area contributed by atoms with Gasteiger partial charge in [-0.25, -0.2) is 8.42 Å². The van der Waals surface area contributed by atoms with Crippen molar-refractivity contribution in [3.63, 3.8) is 0 Å². The minimum absolute atomic E-state index is 0.179. The average Bonchev–Trinajstić information content (AvgIpc) is 3.14. The smallest absolute Gasteiger partial charge is 0.243 e. The van der Waals surface area contributed by atoms with Gasteiger partial charge in [-0.15, -0.1) is 10.2 Å². The van der Waals surface area contributed by atoms with Crippen molar-refractivity contribution < 1.29 is 13.2 Å². The molecule has 0 radical (unpaired) electrons. The summed E-state index contributed by atoms with van der Waals surface area (Å²) in [6.45, 7) is 4.61. The van der Waals surface area contributed by atoms with Gasteiger partial charge in [0.2, 0.25) is 21.1 Å². The van der Waals surface area contributed by atoms with Crippen molar-refractivity contribution in [1.29, 1.82) is 0 Å². The summed E-state index contributed by atoms with van der Waals surface area (Å²) >= 11 is 2.96. The van der Waals surface area contributed by atoms with E-state index < -0.39 is 15.9 Å². The van der Waals surface area contributed by atoms with E-state index in [1.54, 1.807) is 36.0 Å². The molecule has 1 fully saturated rings. The number of carbonyl (C=O) groups excluding carboxylic acids is 1. The Bertz CT molecular complexity index is 912. The summed E-state index contributed by atoms with van der Waals surface area (Å²) in [5, 5.41) is 11.3. The van der Waals surface area contributed by atoms with Crippen LogP contribution < -0.4 is 5.32 Å². The van der Waals surface area contributed by atoms with Crippen LogP contribution in [0.4, 0.5) is 5.13 Å². The van der Waals surface area contributed by atoms with Crippen molar-refractivity contribution >= 4 is 44.2 Å². The van der Waals surface area contributed by atoms with Gasteiger partial charge >= 0.3 is 0 Å². The molecule has 0 saturated carbocycles. The number of carbonyl (C=O) groups is 1. The fraction of sp³-hybridized carbons (Fsp3) is 0.500. The molecule has 10 heteroatoms. The van der Waals surface area contributed by atoms with Gasteiger partial charge in [-0.2, -0.15) is 4.31 Å². The largest absolute Gasteiger partial charge is 0.300 e. The monoisotopic (exact) mass is 440 g/mol. The second kappa shape index (κ2) is 9.34. The van der Waals surface area contributed by atoms with E-state index in [0.29, 0.717) is 24.5 Å². The highest BCUT2D eigenvalue weighted by molar-refractivity contribution is 8.01. The van der Waals surface area contributed by atoms with E-state index in [4.69, 9.17) is 0 Å². The Hall–Kier alpha value is -1.49. The molecule has 1 N–H and O–H groups in total. The zero-order valence-electron chi connectivity index (χ0n) is 15.9. The average molecular weight is 441 g/mol.